The van der Waals surface area contributed by atoms with Crippen LogP contribution in [-0.4, -0.2) is 4.98 Å². The molecule has 0 saturated carbocycles. The van der Waals surface area contributed by atoms with E-state index in [4.69, 9.17) is 16.7 Å². The van der Waals surface area contributed by atoms with Gasteiger partial charge in [0.15, 0.2) is 0 Å². The van der Waals surface area contributed by atoms with Crippen molar-refractivity contribution in [1.29, 1.82) is 5.26 Å². The second-order valence-corrected chi connectivity index (χ2v) is 2.58. The van der Waals surface area contributed by atoms with Crippen LogP contribution in [-0.2, 0) is 6.54 Å². The summed E-state index contributed by atoms with van der Waals surface area (Å²) in [6.45, 7) is 0.00955. The molecule has 1 aromatic heterocycles. The van der Waals surface area contributed by atoms with Crippen LogP contribution in [0.25, 0.3) is 0 Å². The molecule has 1 aromatic rings. The Morgan fingerprint density at radius 2 is 2.21 bits per heavy atom. The Morgan fingerprint density at radius 3 is 2.64 bits per heavy atom. The highest BCUT2D eigenvalue weighted by molar-refractivity contribution is 5.54. The Labute approximate surface area is 79.1 Å². The lowest BCUT2D eigenvalue weighted by Crippen LogP contribution is -2.07. The third-order valence-electron chi connectivity index (χ3n) is 1.69. The van der Waals surface area contributed by atoms with Gasteiger partial charge in [-0.1, -0.05) is 0 Å². The molecular formula is C8H8F2N4. The zero-order chi connectivity index (χ0) is 10.7. The summed E-state index contributed by atoms with van der Waals surface area (Å²) in [4.78, 5) is 3.70. The SMILES string of the molecule is N#Cc1c(C(F)F)cc(CN)nc1N. The fraction of sp³-hybridized carbons (Fsp3) is 0.250. The van der Waals surface area contributed by atoms with Gasteiger partial charge >= 0.3 is 0 Å². The monoisotopic (exact) mass is 198 g/mol. The van der Waals surface area contributed by atoms with Crippen LogP contribution >= 0.6 is 0 Å². The van der Waals surface area contributed by atoms with Crippen molar-refractivity contribution in [3.05, 3.63) is 22.9 Å². The molecule has 0 saturated heterocycles. The van der Waals surface area contributed by atoms with Crippen molar-refractivity contribution < 1.29 is 8.78 Å². The maximum absolute atomic E-state index is 12.4. The summed E-state index contributed by atoms with van der Waals surface area (Å²) in [5, 5.41) is 8.58. The van der Waals surface area contributed by atoms with Crippen LogP contribution in [0.5, 0.6) is 0 Å². The van der Waals surface area contributed by atoms with Crippen LogP contribution in [0.3, 0.4) is 0 Å². The third kappa shape index (κ3) is 1.78. The molecule has 4 nitrogen and oxygen atoms in total. The normalized spacial score (nSPS) is 10.2. The van der Waals surface area contributed by atoms with Crippen molar-refractivity contribution in [2.24, 2.45) is 5.73 Å². The minimum atomic E-state index is -2.75. The molecule has 0 amide bonds. The van der Waals surface area contributed by atoms with E-state index in [1.165, 1.54) is 0 Å². The van der Waals surface area contributed by atoms with E-state index < -0.39 is 12.0 Å². The standard InChI is InChI=1S/C8H8F2N4/c9-7(10)5-1-4(2-11)14-8(13)6(5)3-12/h1,7H,2,11H2,(H2,13,14). The summed E-state index contributed by atoms with van der Waals surface area (Å²) in [5.74, 6) is -0.203. The lowest BCUT2D eigenvalue weighted by atomic mass is 10.1. The Bertz CT molecular complexity index is 384. The average molecular weight is 198 g/mol. The van der Waals surface area contributed by atoms with Gasteiger partial charge in [-0.3, -0.25) is 0 Å². The molecule has 0 spiro atoms. The van der Waals surface area contributed by atoms with Crippen LogP contribution < -0.4 is 11.5 Å². The zero-order valence-electron chi connectivity index (χ0n) is 7.17. The number of halogens is 2. The molecule has 0 aromatic carbocycles. The summed E-state index contributed by atoms with van der Waals surface area (Å²) in [5.41, 5.74) is 10.1. The molecule has 0 aliphatic rings. The first-order valence-corrected chi connectivity index (χ1v) is 3.77. The third-order valence-corrected chi connectivity index (χ3v) is 1.69. The zero-order valence-corrected chi connectivity index (χ0v) is 7.17. The number of anilines is 1. The second-order valence-electron chi connectivity index (χ2n) is 2.58. The molecular weight excluding hydrogens is 190 g/mol. The van der Waals surface area contributed by atoms with Crippen molar-refractivity contribution in [3.63, 3.8) is 0 Å². The Kier molecular flexibility index (Phi) is 2.94. The van der Waals surface area contributed by atoms with Gasteiger partial charge in [0.05, 0.1) is 5.69 Å². The van der Waals surface area contributed by atoms with Gasteiger partial charge in [0.1, 0.15) is 17.5 Å². The number of aromatic nitrogens is 1. The van der Waals surface area contributed by atoms with Gasteiger partial charge in [-0.2, -0.15) is 5.26 Å². The van der Waals surface area contributed by atoms with Gasteiger partial charge in [0.2, 0.25) is 0 Å². The molecule has 1 heterocycles. The second kappa shape index (κ2) is 3.98. The van der Waals surface area contributed by atoms with Crippen molar-refractivity contribution in [2.45, 2.75) is 13.0 Å². The number of nitriles is 1. The number of hydrogen-bond acceptors (Lipinski definition) is 4. The number of nitrogens with two attached hydrogens (primary N) is 2. The van der Waals surface area contributed by atoms with Gasteiger partial charge in [-0.05, 0) is 6.07 Å². The number of pyridine rings is 1. The van der Waals surface area contributed by atoms with Gasteiger partial charge < -0.3 is 11.5 Å². The number of nitrogen functional groups attached to an aromatic ring is 1. The minimum Gasteiger partial charge on any atom is -0.383 e. The summed E-state index contributed by atoms with van der Waals surface area (Å²) < 4.78 is 24.9. The van der Waals surface area contributed by atoms with Crippen LogP contribution in [0, 0.1) is 11.3 Å². The van der Waals surface area contributed by atoms with Crippen LogP contribution in [0.15, 0.2) is 6.07 Å². The smallest absolute Gasteiger partial charge is 0.265 e. The first kappa shape index (κ1) is 10.3. The van der Waals surface area contributed by atoms with E-state index in [2.05, 4.69) is 4.98 Å². The molecule has 0 aliphatic carbocycles. The number of hydrogen-bond donors (Lipinski definition) is 2. The molecule has 6 heteroatoms. The Balaban J connectivity index is 3.37. The molecule has 74 valence electrons. The summed E-state index contributed by atoms with van der Waals surface area (Å²) in [6, 6.07) is 2.68. The van der Waals surface area contributed by atoms with E-state index >= 15 is 0 Å². The Hall–Kier alpha value is -1.74. The molecule has 0 unspecified atom stereocenters. The van der Waals surface area contributed by atoms with E-state index in [1.807, 2.05) is 0 Å². The first-order chi connectivity index (χ1) is 6.60. The fourth-order valence-corrected chi connectivity index (χ4v) is 1.04. The molecule has 14 heavy (non-hydrogen) atoms. The van der Waals surface area contributed by atoms with E-state index in [0.29, 0.717) is 0 Å². The largest absolute Gasteiger partial charge is 0.383 e. The van der Waals surface area contributed by atoms with Crippen molar-refractivity contribution in [2.75, 3.05) is 5.73 Å². The number of nitrogens with zero attached hydrogens (tertiary/aromatic N) is 2. The highest BCUT2D eigenvalue weighted by atomic mass is 19.3. The maximum Gasteiger partial charge on any atom is 0.265 e. The predicted octanol–water partition coefficient (Wildman–Crippen LogP) is 0.932. The van der Waals surface area contributed by atoms with Crippen molar-refractivity contribution in [1.82, 2.24) is 4.98 Å². The summed E-state index contributed by atoms with van der Waals surface area (Å²) in [6.07, 6.45) is -2.75. The summed E-state index contributed by atoms with van der Waals surface area (Å²) in [7, 11) is 0. The van der Waals surface area contributed by atoms with Gasteiger partial charge in [0, 0.05) is 12.1 Å². The lowest BCUT2D eigenvalue weighted by molar-refractivity contribution is 0.151. The molecule has 1 rings (SSSR count). The molecule has 0 aliphatic heterocycles. The molecule has 0 bridgehead atoms. The molecule has 4 N–H and O–H groups in total. The van der Waals surface area contributed by atoms with E-state index in [1.54, 1.807) is 6.07 Å². The highest BCUT2D eigenvalue weighted by Crippen LogP contribution is 2.25. The van der Waals surface area contributed by atoms with Crippen LogP contribution in [0.4, 0.5) is 14.6 Å². The van der Waals surface area contributed by atoms with Crippen LogP contribution in [0.1, 0.15) is 23.2 Å². The van der Waals surface area contributed by atoms with Crippen molar-refractivity contribution in [3.8, 4) is 6.07 Å². The molecule has 0 fully saturated rings. The molecule has 0 atom stereocenters. The molecule has 0 radical (unpaired) electrons. The first-order valence-electron chi connectivity index (χ1n) is 3.77. The predicted molar refractivity (Wildman–Crippen MR) is 46.2 cm³/mol. The average Bonchev–Trinajstić information content (AvgIpc) is 2.16. The van der Waals surface area contributed by atoms with E-state index in [-0.39, 0.29) is 23.6 Å². The minimum absolute atomic E-state index is 0.00955. The Morgan fingerprint density at radius 1 is 1.57 bits per heavy atom. The lowest BCUT2D eigenvalue weighted by Gasteiger charge is -2.07. The van der Waals surface area contributed by atoms with Crippen LogP contribution in [0.2, 0.25) is 0 Å². The van der Waals surface area contributed by atoms with Gasteiger partial charge in [0.25, 0.3) is 6.43 Å². The number of alkyl halides is 2. The van der Waals surface area contributed by atoms with Crippen molar-refractivity contribution >= 4 is 5.82 Å². The van der Waals surface area contributed by atoms with E-state index in [0.717, 1.165) is 6.07 Å². The fourth-order valence-electron chi connectivity index (χ4n) is 1.04. The van der Waals surface area contributed by atoms with Gasteiger partial charge in [-0.25, -0.2) is 13.8 Å². The quantitative estimate of drug-likeness (QED) is 0.739. The van der Waals surface area contributed by atoms with Gasteiger partial charge in [-0.15, -0.1) is 0 Å². The summed E-state index contributed by atoms with van der Waals surface area (Å²) >= 11 is 0. The maximum atomic E-state index is 12.4. The number of rotatable bonds is 2. The van der Waals surface area contributed by atoms with E-state index in [9.17, 15) is 8.78 Å². The topological polar surface area (TPSA) is 88.7 Å². The highest BCUT2D eigenvalue weighted by Gasteiger charge is 2.17.